The fourth-order valence-corrected chi connectivity index (χ4v) is 4.11. The van der Waals surface area contributed by atoms with Crippen molar-refractivity contribution in [2.75, 3.05) is 11.9 Å². The smallest absolute Gasteiger partial charge is 0.145 e. The fourth-order valence-electron chi connectivity index (χ4n) is 3.89. The number of aromatic amines is 1. The molecule has 5 rings (SSSR count). The predicted molar refractivity (Wildman–Crippen MR) is 129 cm³/mol. The number of hydrogen-bond acceptors (Lipinski definition) is 6. The molecule has 166 valence electrons. The highest BCUT2D eigenvalue weighted by Gasteiger charge is 2.20. The molecule has 0 saturated heterocycles. The number of nitrogens with zero attached hydrogens (tertiary/aromatic N) is 5. The Balaban J connectivity index is 1.52. The average Bonchev–Trinajstić information content (AvgIpc) is 3.50. The van der Waals surface area contributed by atoms with E-state index < -0.39 is 0 Å². The Morgan fingerprint density at radius 1 is 1.18 bits per heavy atom. The Labute approximate surface area is 195 Å². The molecule has 0 saturated carbocycles. The van der Waals surface area contributed by atoms with Crippen molar-refractivity contribution in [2.24, 2.45) is 0 Å². The van der Waals surface area contributed by atoms with Gasteiger partial charge in [0, 0.05) is 18.1 Å². The van der Waals surface area contributed by atoms with E-state index in [-0.39, 0.29) is 17.8 Å². The minimum atomic E-state index is -0.254. The number of anilines is 1. The highest BCUT2D eigenvalue weighted by atomic mass is 35.5. The van der Waals surface area contributed by atoms with Crippen molar-refractivity contribution in [1.82, 2.24) is 29.5 Å². The second-order valence-corrected chi connectivity index (χ2v) is 8.17. The van der Waals surface area contributed by atoms with Crippen LogP contribution in [0.15, 0.2) is 67.5 Å². The van der Waals surface area contributed by atoms with Crippen LogP contribution >= 0.6 is 11.6 Å². The van der Waals surface area contributed by atoms with Gasteiger partial charge in [-0.3, -0.25) is 0 Å². The summed E-state index contributed by atoms with van der Waals surface area (Å²) in [5.41, 5.74) is 5.36. The Bertz CT molecular complexity index is 1380. The van der Waals surface area contributed by atoms with Crippen LogP contribution in [-0.4, -0.2) is 47.2 Å². The molecule has 0 amide bonds. The molecule has 0 aliphatic carbocycles. The van der Waals surface area contributed by atoms with Gasteiger partial charge in [0.2, 0.25) is 0 Å². The normalized spacial score (nSPS) is 12.2. The summed E-state index contributed by atoms with van der Waals surface area (Å²) in [7, 11) is 0. The van der Waals surface area contributed by atoms with Crippen LogP contribution in [0.4, 0.5) is 5.82 Å². The van der Waals surface area contributed by atoms with Gasteiger partial charge in [-0.1, -0.05) is 41.9 Å². The third kappa shape index (κ3) is 4.30. The number of hydrogen-bond donors (Lipinski definition) is 3. The molecule has 0 fully saturated rings. The summed E-state index contributed by atoms with van der Waals surface area (Å²) in [6, 6.07) is 13.8. The van der Waals surface area contributed by atoms with Gasteiger partial charge in [-0.15, -0.1) is 0 Å². The monoisotopic (exact) mass is 459 g/mol. The van der Waals surface area contributed by atoms with Gasteiger partial charge in [-0.2, -0.15) is 0 Å². The third-order valence-electron chi connectivity index (χ3n) is 5.49. The quantitative estimate of drug-likeness (QED) is 0.315. The standard InChI is InChI=1S/C24H22ClN7O/c1-15-9-18(32-8-7-26-14-32)11-19-21(15)31-24(30-19)20-22(25)27-13-28-23(20)29-17(12-33)10-16-5-3-2-4-6-16/h2-9,11,13-14,17,33H,10,12H2,1H3,(H,30,31)(H,27,28,29). The highest BCUT2D eigenvalue weighted by molar-refractivity contribution is 6.32. The van der Waals surface area contributed by atoms with Crippen molar-refractivity contribution in [2.45, 2.75) is 19.4 Å². The molecule has 9 heteroatoms. The number of rotatable bonds is 7. The van der Waals surface area contributed by atoms with Crippen molar-refractivity contribution >= 4 is 28.5 Å². The number of fused-ring (bicyclic) bond motifs is 1. The number of aliphatic hydroxyl groups is 1. The zero-order valence-electron chi connectivity index (χ0n) is 17.9. The first kappa shape index (κ1) is 21.1. The maximum absolute atomic E-state index is 9.98. The molecule has 3 N–H and O–H groups in total. The van der Waals surface area contributed by atoms with Gasteiger partial charge in [0.1, 0.15) is 23.1 Å². The SMILES string of the molecule is Cc1cc(-n2ccnc2)cc2[nH]c(-c3c(Cl)ncnc3NC(CO)Cc3ccccc3)nc12. The van der Waals surface area contributed by atoms with E-state index in [0.717, 1.165) is 27.8 Å². The van der Waals surface area contributed by atoms with Gasteiger partial charge < -0.3 is 20.0 Å². The minimum absolute atomic E-state index is 0.0660. The second kappa shape index (κ2) is 9.01. The van der Waals surface area contributed by atoms with Crippen molar-refractivity contribution in [3.63, 3.8) is 0 Å². The summed E-state index contributed by atoms with van der Waals surface area (Å²) < 4.78 is 1.94. The number of imidazole rings is 2. The van der Waals surface area contributed by atoms with Crippen molar-refractivity contribution < 1.29 is 5.11 Å². The number of aryl methyl sites for hydroxylation is 1. The molecular formula is C24H22ClN7O. The van der Waals surface area contributed by atoms with Crippen LogP contribution in [0.2, 0.25) is 5.15 Å². The summed E-state index contributed by atoms with van der Waals surface area (Å²) in [5, 5.41) is 13.6. The van der Waals surface area contributed by atoms with Gasteiger partial charge in [0.15, 0.2) is 0 Å². The lowest BCUT2D eigenvalue weighted by atomic mass is 10.1. The van der Waals surface area contributed by atoms with Gasteiger partial charge in [-0.25, -0.2) is 19.9 Å². The Morgan fingerprint density at radius 2 is 2.03 bits per heavy atom. The van der Waals surface area contributed by atoms with Crippen molar-refractivity contribution in [3.05, 3.63) is 83.8 Å². The number of H-pyrrole nitrogens is 1. The van der Waals surface area contributed by atoms with E-state index in [1.165, 1.54) is 6.33 Å². The molecule has 2 aromatic carbocycles. The van der Waals surface area contributed by atoms with E-state index in [0.29, 0.717) is 23.6 Å². The molecule has 1 atom stereocenters. The minimum Gasteiger partial charge on any atom is -0.394 e. The lowest BCUT2D eigenvalue weighted by Crippen LogP contribution is -2.27. The van der Waals surface area contributed by atoms with Crippen LogP contribution in [0, 0.1) is 6.92 Å². The van der Waals surface area contributed by atoms with E-state index in [1.54, 1.807) is 12.5 Å². The maximum Gasteiger partial charge on any atom is 0.145 e. The Morgan fingerprint density at radius 3 is 2.79 bits per heavy atom. The number of halogens is 1. The number of aliphatic hydroxyl groups excluding tert-OH is 1. The first-order valence-electron chi connectivity index (χ1n) is 10.5. The summed E-state index contributed by atoms with van der Waals surface area (Å²) in [6.07, 6.45) is 7.42. The highest BCUT2D eigenvalue weighted by Crippen LogP contribution is 2.33. The molecular weight excluding hydrogens is 438 g/mol. The van der Waals surface area contributed by atoms with Gasteiger partial charge in [-0.05, 0) is 36.6 Å². The molecule has 0 radical (unpaired) electrons. The zero-order chi connectivity index (χ0) is 22.8. The van der Waals surface area contributed by atoms with Crippen LogP contribution in [0.5, 0.6) is 0 Å². The molecule has 0 aliphatic heterocycles. The number of benzene rings is 2. The van der Waals surface area contributed by atoms with Crippen LogP contribution in [0.1, 0.15) is 11.1 Å². The van der Waals surface area contributed by atoms with Crippen LogP contribution < -0.4 is 5.32 Å². The van der Waals surface area contributed by atoms with Crippen molar-refractivity contribution in [3.8, 4) is 17.1 Å². The summed E-state index contributed by atoms with van der Waals surface area (Å²) in [5.74, 6) is 1.07. The lowest BCUT2D eigenvalue weighted by Gasteiger charge is -2.19. The summed E-state index contributed by atoms with van der Waals surface area (Å²) in [4.78, 5) is 20.9. The molecule has 3 aromatic heterocycles. The first-order chi connectivity index (χ1) is 16.1. The summed E-state index contributed by atoms with van der Waals surface area (Å²) in [6.45, 7) is 1.95. The molecule has 0 aliphatic rings. The van der Waals surface area contributed by atoms with Gasteiger partial charge >= 0.3 is 0 Å². The first-order valence-corrected chi connectivity index (χ1v) is 10.9. The lowest BCUT2D eigenvalue weighted by molar-refractivity contribution is 0.273. The topological polar surface area (TPSA) is 105 Å². The molecule has 8 nitrogen and oxygen atoms in total. The van der Waals surface area contributed by atoms with Gasteiger partial charge in [0.25, 0.3) is 0 Å². The third-order valence-corrected chi connectivity index (χ3v) is 5.78. The second-order valence-electron chi connectivity index (χ2n) is 7.82. The van der Waals surface area contributed by atoms with E-state index in [2.05, 4.69) is 31.3 Å². The molecule has 5 aromatic rings. The fraction of sp³-hybridized carbons (Fsp3) is 0.167. The zero-order valence-corrected chi connectivity index (χ0v) is 18.7. The van der Waals surface area contributed by atoms with E-state index >= 15 is 0 Å². The Hall–Kier alpha value is -3.75. The van der Waals surface area contributed by atoms with Crippen LogP contribution in [-0.2, 0) is 6.42 Å². The molecule has 1 unspecified atom stereocenters. The summed E-state index contributed by atoms with van der Waals surface area (Å²) >= 11 is 6.50. The molecule has 3 heterocycles. The Kier molecular flexibility index (Phi) is 5.77. The molecule has 0 spiro atoms. The van der Waals surface area contributed by atoms with Crippen molar-refractivity contribution in [1.29, 1.82) is 0 Å². The van der Waals surface area contributed by atoms with Gasteiger partial charge in [0.05, 0.1) is 35.6 Å². The van der Waals surface area contributed by atoms with E-state index in [1.807, 2.05) is 54.1 Å². The van der Waals surface area contributed by atoms with Crippen LogP contribution in [0.25, 0.3) is 28.1 Å². The largest absolute Gasteiger partial charge is 0.394 e. The molecule has 33 heavy (non-hydrogen) atoms. The predicted octanol–water partition coefficient (Wildman–Crippen LogP) is 4.18. The van der Waals surface area contributed by atoms with E-state index in [9.17, 15) is 5.11 Å². The molecule has 0 bridgehead atoms. The maximum atomic E-state index is 9.98. The van der Waals surface area contributed by atoms with E-state index in [4.69, 9.17) is 16.6 Å². The van der Waals surface area contributed by atoms with Crippen LogP contribution in [0.3, 0.4) is 0 Å². The average molecular weight is 460 g/mol. The number of aromatic nitrogens is 6. The number of nitrogens with one attached hydrogen (secondary N) is 2.